The van der Waals surface area contributed by atoms with Gasteiger partial charge in [0.25, 0.3) is 0 Å². The van der Waals surface area contributed by atoms with Crippen molar-refractivity contribution in [3.8, 4) is 0 Å². The second-order valence-corrected chi connectivity index (χ2v) is 7.53. The van der Waals surface area contributed by atoms with Crippen LogP contribution in [0, 0.1) is 5.92 Å². The minimum atomic E-state index is -0.326. The fourth-order valence-corrected chi connectivity index (χ4v) is 4.22. The summed E-state index contributed by atoms with van der Waals surface area (Å²) in [5, 5.41) is 10.8. The van der Waals surface area contributed by atoms with Crippen molar-refractivity contribution >= 4 is 27.5 Å². The SMILES string of the molecule is CC(O)C1CCCN(C(=O)CCCc2nc3ccccc3s2)C1. The molecule has 1 aromatic carbocycles. The van der Waals surface area contributed by atoms with Gasteiger partial charge in [-0.15, -0.1) is 11.3 Å². The molecule has 124 valence electrons. The molecule has 23 heavy (non-hydrogen) atoms. The largest absolute Gasteiger partial charge is 0.393 e. The lowest BCUT2D eigenvalue weighted by Gasteiger charge is -2.34. The summed E-state index contributed by atoms with van der Waals surface area (Å²) in [5.74, 6) is 0.452. The number of aliphatic hydroxyl groups excluding tert-OH is 1. The average molecular weight is 332 g/mol. The van der Waals surface area contributed by atoms with Crippen molar-refractivity contribution in [1.29, 1.82) is 0 Å². The Bertz CT molecular complexity index is 635. The highest BCUT2D eigenvalue weighted by Crippen LogP contribution is 2.24. The Kier molecular flexibility index (Phi) is 5.28. The van der Waals surface area contributed by atoms with Gasteiger partial charge in [-0.05, 0) is 44.7 Å². The number of amides is 1. The molecule has 2 aromatic rings. The highest BCUT2D eigenvalue weighted by Gasteiger charge is 2.26. The maximum atomic E-state index is 12.4. The van der Waals surface area contributed by atoms with Crippen molar-refractivity contribution in [1.82, 2.24) is 9.88 Å². The number of para-hydroxylation sites is 1. The number of piperidine rings is 1. The Labute approximate surface area is 141 Å². The van der Waals surface area contributed by atoms with Gasteiger partial charge in [0, 0.05) is 25.4 Å². The highest BCUT2D eigenvalue weighted by atomic mass is 32.1. The van der Waals surface area contributed by atoms with Crippen LogP contribution in [0.4, 0.5) is 0 Å². The van der Waals surface area contributed by atoms with Gasteiger partial charge in [0.05, 0.1) is 21.3 Å². The van der Waals surface area contributed by atoms with Crippen LogP contribution in [0.2, 0.25) is 0 Å². The van der Waals surface area contributed by atoms with E-state index in [-0.39, 0.29) is 17.9 Å². The Hall–Kier alpha value is -1.46. The molecule has 0 saturated carbocycles. The number of carbonyl (C=O) groups is 1. The number of fused-ring (bicyclic) bond motifs is 1. The summed E-state index contributed by atoms with van der Waals surface area (Å²) in [7, 11) is 0. The third kappa shape index (κ3) is 4.09. The number of hydrogen-bond acceptors (Lipinski definition) is 4. The standard InChI is InChI=1S/C18H24N2O2S/c1-13(21)14-6-5-11-20(12-14)18(22)10-4-9-17-19-15-7-2-3-8-16(15)23-17/h2-3,7-8,13-14,21H,4-6,9-12H2,1H3. The number of aromatic nitrogens is 1. The van der Waals surface area contributed by atoms with E-state index in [9.17, 15) is 9.90 Å². The number of carbonyl (C=O) groups excluding carboxylic acids is 1. The third-order valence-electron chi connectivity index (χ3n) is 4.61. The summed E-state index contributed by atoms with van der Waals surface area (Å²) in [6.45, 7) is 3.37. The molecular weight excluding hydrogens is 308 g/mol. The number of aliphatic hydroxyl groups is 1. The topological polar surface area (TPSA) is 53.4 Å². The van der Waals surface area contributed by atoms with Gasteiger partial charge < -0.3 is 10.0 Å². The number of thiazole rings is 1. The van der Waals surface area contributed by atoms with Crippen LogP contribution in [0.3, 0.4) is 0 Å². The molecule has 3 rings (SSSR count). The molecule has 1 aliphatic rings. The molecule has 2 unspecified atom stereocenters. The molecular formula is C18H24N2O2S. The second kappa shape index (κ2) is 7.41. The number of aryl methyl sites for hydroxylation is 1. The van der Waals surface area contributed by atoms with Gasteiger partial charge >= 0.3 is 0 Å². The van der Waals surface area contributed by atoms with Crippen LogP contribution >= 0.6 is 11.3 Å². The van der Waals surface area contributed by atoms with Crippen molar-refractivity contribution < 1.29 is 9.90 Å². The molecule has 0 bridgehead atoms. The van der Waals surface area contributed by atoms with Gasteiger partial charge in [-0.1, -0.05) is 12.1 Å². The zero-order chi connectivity index (χ0) is 16.2. The molecule has 0 radical (unpaired) electrons. The van der Waals surface area contributed by atoms with Crippen molar-refractivity contribution in [2.24, 2.45) is 5.92 Å². The van der Waals surface area contributed by atoms with Gasteiger partial charge in [0.15, 0.2) is 0 Å². The summed E-state index contributed by atoms with van der Waals surface area (Å²) < 4.78 is 1.21. The molecule has 1 fully saturated rings. The summed E-state index contributed by atoms with van der Waals surface area (Å²) in [6, 6.07) is 8.16. The van der Waals surface area contributed by atoms with E-state index in [0.29, 0.717) is 13.0 Å². The van der Waals surface area contributed by atoms with Crippen molar-refractivity contribution in [3.05, 3.63) is 29.3 Å². The average Bonchev–Trinajstić information content (AvgIpc) is 2.97. The molecule has 2 atom stereocenters. The van der Waals surface area contributed by atoms with Crippen molar-refractivity contribution in [2.45, 2.75) is 45.1 Å². The first-order valence-electron chi connectivity index (χ1n) is 8.44. The lowest BCUT2D eigenvalue weighted by atomic mass is 9.93. The van der Waals surface area contributed by atoms with E-state index < -0.39 is 0 Å². The first-order chi connectivity index (χ1) is 11.1. The predicted molar refractivity (Wildman–Crippen MR) is 93.5 cm³/mol. The summed E-state index contributed by atoms with van der Waals surface area (Å²) in [4.78, 5) is 18.9. The summed E-state index contributed by atoms with van der Waals surface area (Å²) in [5.41, 5.74) is 1.05. The fourth-order valence-electron chi connectivity index (χ4n) is 3.21. The molecule has 1 amide bonds. The second-order valence-electron chi connectivity index (χ2n) is 6.41. The molecule has 1 aliphatic heterocycles. The molecule has 0 spiro atoms. The maximum absolute atomic E-state index is 12.4. The monoisotopic (exact) mass is 332 g/mol. The number of benzene rings is 1. The van der Waals surface area contributed by atoms with E-state index in [4.69, 9.17) is 0 Å². The van der Waals surface area contributed by atoms with Gasteiger partial charge in [-0.3, -0.25) is 4.79 Å². The van der Waals surface area contributed by atoms with Crippen molar-refractivity contribution in [2.75, 3.05) is 13.1 Å². The van der Waals surface area contributed by atoms with E-state index in [1.165, 1.54) is 4.70 Å². The lowest BCUT2D eigenvalue weighted by molar-refractivity contribution is -0.133. The highest BCUT2D eigenvalue weighted by molar-refractivity contribution is 7.18. The zero-order valence-electron chi connectivity index (χ0n) is 13.6. The smallest absolute Gasteiger partial charge is 0.222 e. The van der Waals surface area contributed by atoms with Gasteiger partial charge in [0.2, 0.25) is 5.91 Å². The van der Waals surface area contributed by atoms with E-state index >= 15 is 0 Å². The van der Waals surface area contributed by atoms with Crippen LogP contribution in [-0.2, 0) is 11.2 Å². The number of likely N-dealkylation sites (tertiary alicyclic amines) is 1. The number of hydrogen-bond donors (Lipinski definition) is 1. The first-order valence-corrected chi connectivity index (χ1v) is 9.25. The lowest BCUT2D eigenvalue weighted by Crippen LogP contribution is -2.42. The van der Waals surface area contributed by atoms with Crippen LogP contribution in [0.15, 0.2) is 24.3 Å². The molecule has 1 saturated heterocycles. The van der Waals surface area contributed by atoms with Crippen LogP contribution in [-0.4, -0.2) is 40.1 Å². The number of rotatable bonds is 5. The third-order valence-corrected chi connectivity index (χ3v) is 5.71. The summed E-state index contributed by atoms with van der Waals surface area (Å²) >= 11 is 1.72. The van der Waals surface area contributed by atoms with Crippen LogP contribution in [0.1, 0.15) is 37.6 Å². The molecule has 0 aliphatic carbocycles. The Morgan fingerprint density at radius 3 is 3.09 bits per heavy atom. The van der Waals surface area contributed by atoms with E-state index in [1.54, 1.807) is 11.3 Å². The minimum absolute atomic E-state index is 0.219. The Morgan fingerprint density at radius 1 is 1.48 bits per heavy atom. The number of nitrogens with zero attached hydrogens (tertiary/aromatic N) is 2. The van der Waals surface area contributed by atoms with Gasteiger partial charge in [-0.25, -0.2) is 4.98 Å². The van der Waals surface area contributed by atoms with E-state index in [2.05, 4.69) is 11.1 Å². The normalized spacial score (nSPS) is 19.9. The van der Waals surface area contributed by atoms with Crippen molar-refractivity contribution in [3.63, 3.8) is 0 Å². The van der Waals surface area contributed by atoms with Crippen LogP contribution < -0.4 is 0 Å². The maximum Gasteiger partial charge on any atom is 0.222 e. The molecule has 4 nitrogen and oxygen atoms in total. The molecule has 5 heteroatoms. The fraction of sp³-hybridized carbons (Fsp3) is 0.556. The first kappa shape index (κ1) is 16.4. The quantitative estimate of drug-likeness (QED) is 0.914. The van der Waals surface area contributed by atoms with E-state index in [1.807, 2.05) is 30.0 Å². The van der Waals surface area contributed by atoms with Crippen LogP contribution in [0.25, 0.3) is 10.2 Å². The minimum Gasteiger partial charge on any atom is -0.393 e. The predicted octanol–water partition coefficient (Wildman–Crippen LogP) is 3.24. The molecule has 2 heterocycles. The van der Waals surface area contributed by atoms with E-state index in [0.717, 1.165) is 42.8 Å². The zero-order valence-corrected chi connectivity index (χ0v) is 14.4. The Balaban J connectivity index is 1.49. The Morgan fingerprint density at radius 2 is 2.30 bits per heavy atom. The molecule has 1 aromatic heterocycles. The van der Waals surface area contributed by atoms with Gasteiger partial charge in [0.1, 0.15) is 0 Å². The van der Waals surface area contributed by atoms with Crippen LogP contribution in [0.5, 0.6) is 0 Å². The summed E-state index contributed by atoms with van der Waals surface area (Å²) in [6.07, 6.45) is 3.97. The van der Waals surface area contributed by atoms with Gasteiger partial charge in [-0.2, -0.15) is 0 Å². The molecule has 1 N–H and O–H groups in total.